The molecule has 0 heterocycles. The van der Waals surface area contributed by atoms with E-state index < -0.39 is 0 Å². The highest BCUT2D eigenvalue weighted by molar-refractivity contribution is 6.65. The van der Waals surface area contributed by atoms with Crippen LogP contribution in [0.25, 0.3) is 0 Å². The Labute approximate surface area is 75.7 Å². The Morgan fingerprint density at radius 3 is 2.55 bits per heavy atom. The van der Waals surface area contributed by atoms with Gasteiger partial charge >= 0.3 is 0 Å². The summed E-state index contributed by atoms with van der Waals surface area (Å²) < 4.78 is 0. The first-order valence-corrected chi connectivity index (χ1v) is 3.91. The van der Waals surface area contributed by atoms with Gasteiger partial charge in [-0.3, -0.25) is 0 Å². The number of nitrogens with zero attached hydrogens (tertiary/aromatic N) is 1. The molecule has 0 aromatic heterocycles. The number of halogens is 2. The van der Waals surface area contributed by atoms with Crippen LogP contribution in [0.4, 0.5) is 5.69 Å². The normalized spacial score (nSPS) is 11.7. The predicted molar refractivity (Wildman–Crippen MR) is 50.1 cm³/mol. The molecule has 0 atom stereocenters. The highest BCUT2D eigenvalue weighted by atomic mass is 35.5. The van der Waals surface area contributed by atoms with E-state index in [4.69, 9.17) is 23.2 Å². The van der Waals surface area contributed by atoms with Gasteiger partial charge in [-0.25, -0.2) is 4.99 Å². The van der Waals surface area contributed by atoms with E-state index in [9.17, 15) is 0 Å². The molecule has 0 radical (unpaired) electrons. The Morgan fingerprint density at radius 1 is 1.36 bits per heavy atom. The Balaban J connectivity index is 3.04. The van der Waals surface area contributed by atoms with Gasteiger partial charge in [0.2, 0.25) is 0 Å². The Bertz CT molecular complexity index is 277. The van der Waals surface area contributed by atoms with Gasteiger partial charge in [-0.05, 0) is 19.1 Å². The molecule has 58 valence electrons. The Hall–Kier alpha value is -0.530. The van der Waals surface area contributed by atoms with E-state index in [0.717, 1.165) is 0 Å². The third-order valence-corrected chi connectivity index (χ3v) is 1.53. The Kier molecular flexibility index (Phi) is 2.92. The molecule has 1 rings (SSSR count). The maximum Gasteiger partial charge on any atom is 0.103 e. The monoisotopic (exact) mass is 187 g/mol. The van der Waals surface area contributed by atoms with Crippen LogP contribution in [0.15, 0.2) is 29.3 Å². The van der Waals surface area contributed by atoms with Crippen LogP contribution < -0.4 is 0 Å². The van der Waals surface area contributed by atoms with E-state index in [2.05, 4.69) is 4.99 Å². The average Bonchev–Trinajstić information content (AvgIpc) is 1.93. The van der Waals surface area contributed by atoms with Crippen LogP contribution in [0.3, 0.4) is 0 Å². The molecular formula is C8H7Cl2N. The molecule has 0 unspecified atom stereocenters. The molecule has 0 N–H and O–H groups in total. The van der Waals surface area contributed by atoms with E-state index in [0.29, 0.717) is 15.9 Å². The fraction of sp³-hybridized carbons (Fsp3) is 0.125. The second kappa shape index (κ2) is 3.74. The summed E-state index contributed by atoms with van der Waals surface area (Å²) in [7, 11) is 0. The van der Waals surface area contributed by atoms with Crippen LogP contribution in [-0.4, -0.2) is 5.17 Å². The number of benzene rings is 1. The van der Waals surface area contributed by atoms with E-state index in [1.807, 2.05) is 18.2 Å². The second-order valence-corrected chi connectivity index (χ2v) is 3.01. The average molecular weight is 188 g/mol. The highest BCUT2D eigenvalue weighted by Crippen LogP contribution is 2.23. The number of rotatable bonds is 1. The predicted octanol–water partition coefficient (Wildman–Crippen LogP) is 3.63. The topological polar surface area (TPSA) is 12.4 Å². The van der Waals surface area contributed by atoms with Crippen molar-refractivity contribution in [2.45, 2.75) is 6.92 Å². The number of para-hydroxylation sites is 1. The molecule has 0 aliphatic rings. The number of aliphatic imine (C=N–C) groups is 1. The number of hydrogen-bond acceptors (Lipinski definition) is 1. The molecule has 1 nitrogen and oxygen atoms in total. The molecule has 1 aromatic carbocycles. The minimum atomic E-state index is 0.484. The summed E-state index contributed by atoms with van der Waals surface area (Å²) in [5.74, 6) is 0. The van der Waals surface area contributed by atoms with Gasteiger partial charge in [0.25, 0.3) is 0 Å². The van der Waals surface area contributed by atoms with Gasteiger partial charge in [-0.15, -0.1) is 0 Å². The standard InChI is InChI=1S/C8H7Cl2N/c1-6(9)11-8-5-3-2-4-7(8)10/h2-5H,1H3. The van der Waals surface area contributed by atoms with E-state index in [-0.39, 0.29) is 0 Å². The largest absolute Gasteiger partial charge is 0.240 e. The molecule has 0 aliphatic heterocycles. The first-order valence-electron chi connectivity index (χ1n) is 3.15. The molecule has 11 heavy (non-hydrogen) atoms. The smallest absolute Gasteiger partial charge is 0.103 e. The van der Waals surface area contributed by atoms with Crippen molar-refractivity contribution in [1.29, 1.82) is 0 Å². The van der Waals surface area contributed by atoms with Gasteiger partial charge in [0.1, 0.15) is 5.17 Å². The summed E-state index contributed by atoms with van der Waals surface area (Å²) in [6.45, 7) is 1.71. The van der Waals surface area contributed by atoms with Gasteiger partial charge in [-0.1, -0.05) is 35.3 Å². The molecule has 0 saturated carbocycles. The van der Waals surface area contributed by atoms with E-state index >= 15 is 0 Å². The van der Waals surface area contributed by atoms with Crippen molar-refractivity contribution in [3.8, 4) is 0 Å². The lowest BCUT2D eigenvalue weighted by atomic mass is 10.3. The van der Waals surface area contributed by atoms with Crippen molar-refractivity contribution in [3.05, 3.63) is 29.3 Å². The first-order chi connectivity index (χ1) is 5.20. The zero-order valence-corrected chi connectivity index (χ0v) is 7.52. The summed E-state index contributed by atoms with van der Waals surface area (Å²) in [5.41, 5.74) is 0.710. The second-order valence-electron chi connectivity index (χ2n) is 2.06. The molecule has 0 spiro atoms. The van der Waals surface area contributed by atoms with Crippen molar-refractivity contribution in [3.63, 3.8) is 0 Å². The summed E-state index contributed by atoms with van der Waals surface area (Å²) in [6, 6.07) is 7.31. The van der Waals surface area contributed by atoms with Crippen LogP contribution in [-0.2, 0) is 0 Å². The third-order valence-electron chi connectivity index (χ3n) is 1.13. The maximum atomic E-state index is 5.80. The van der Waals surface area contributed by atoms with Crippen LogP contribution in [0.1, 0.15) is 6.92 Å². The highest BCUT2D eigenvalue weighted by Gasteiger charge is 1.94. The fourth-order valence-electron chi connectivity index (χ4n) is 0.708. The van der Waals surface area contributed by atoms with Crippen molar-refractivity contribution in [1.82, 2.24) is 0 Å². The molecule has 0 aliphatic carbocycles. The Morgan fingerprint density at radius 2 is 2.00 bits per heavy atom. The number of hydrogen-bond donors (Lipinski definition) is 0. The summed E-state index contributed by atoms with van der Waals surface area (Å²) in [4.78, 5) is 4.01. The summed E-state index contributed by atoms with van der Waals surface area (Å²) >= 11 is 11.4. The summed E-state index contributed by atoms with van der Waals surface area (Å²) in [6.07, 6.45) is 0. The molecule has 3 heteroatoms. The minimum Gasteiger partial charge on any atom is -0.240 e. The molecule has 0 fully saturated rings. The van der Waals surface area contributed by atoms with E-state index in [1.54, 1.807) is 13.0 Å². The van der Waals surface area contributed by atoms with Gasteiger partial charge in [0.15, 0.2) is 0 Å². The maximum absolute atomic E-state index is 5.80. The van der Waals surface area contributed by atoms with Gasteiger partial charge in [0.05, 0.1) is 10.7 Å². The van der Waals surface area contributed by atoms with Crippen LogP contribution in [0.5, 0.6) is 0 Å². The third kappa shape index (κ3) is 2.52. The van der Waals surface area contributed by atoms with Gasteiger partial charge in [0, 0.05) is 0 Å². The zero-order chi connectivity index (χ0) is 8.27. The SMILES string of the molecule is CC(Cl)=Nc1ccccc1Cl. The quantitative estimate of drug-likeness (QED) is 0.596. The molecule has 0 bridgehead atoms. The van der Waals surface area contributed by atoms with Crippen LogP contribution in [0.2, 0.25) is 5.02 Å². The molecule has 0 amide bonds. The van der Waals surface area contributed by atoms with Crippen molar-refractivity contribution < 1.29 is 0 Å². The van der Waals surface area contributed by atoms with E-state index in [1.165, 1.54) is 0 Å². The molecule has 1 aromatic rings. The lowest BCUT2D eigenvalue weighted by molar-refractivity contribution is 1.52. The lowest BCUT2D eigenvalue weighted by Crippen LogP contribution is -1.74. The van der Waals surface area contributed by atoms with Gasteiger partial charge < -0.3 is 0 Å². The van der Waals surface area contributed by atoms with Crippen LogP contribution in [0, 0.1) is 0 Å². The molecular weight excluding hydrogens is 181 g/mol. The first kappa shape index (κ1) is 8.57. The fourth-order valence-corrected chi connectivity index (χ4v) is 0.977. The van der Waals surface area contributed by atoms with Crippen molar-refractivity contribution >= 4 is 34.1 Å². The minimum absolute atomic E-state index is 0.484. The van der Waals surface area contributed by atoms with Gasteiger partial charge in [-0.2, -0.15) is 0 Å². The zero-order valence-electron chi connectivity index (χ0n) is 6.01. The van der Waals surface area contributed by atoms with Crippen LogP contribution >= 0.6 is 23.2 Å². The van der Waals surface area contributed by atoms with Crippen molar-refractivity contribution in [2.75, 3.05) is 0 Å². The lowest BCUT2D eigenvalue weighted by Gasteiger charge is -1.95. The molecule has 0 saturated heterocycles. The summed E-state index contributed by atoms with van der Waals surface area (Å²) in [5, 5.41) is 1.10. The van der Waals surface area contributed by atoms with Crippen molar-refractivity contribution in [2.24, 2.45) is 4.99 Å².